The first-order valence-electron chi connectivity index (χ1n) is 4.40. The standard InChI is InChI=1S/C8H15N3/c1-2-9-4-7(1)3-8-5-10-6-11-8/h6-9H,1-5H2,(H,10,11). The van der Waals surface area contributed by atoms with Crippen molar-refractivity contribution in [3.05, 3.63) is 0 Å². The summed E-state index contributed by atoms with van der Waals surface area (Å²) in [6, 6.07) is 0.625. The highest BCUT2D eigenvalue weighted by Gasteiger charge is 2.20. The molecule has 0 radical (unpaired) electrons. The molecular formula is C8H15N3. The Morgan fingerprint density at radius 3 is 3.18 bits per heavy atom. The van der Waals surface area contributed by atoms with Gasteiger partial charge in [-0.1, -0.05) is 0 Å². The Morgan fingerprint density at radius 2 is 2.55 bits per heavy atom. The van der Waals surface area contributed by atoms with Gasteiger partial charge in [0, 0.05) is 6.04 Å². The number of rotatable bonds is 2. The maximum atomic E-state index is 4.15. The minimum Gasteiger partial charge on any atom is -0.372 e. The van der Waals surface area contributed by atoms with E-state index in [-0.39, 0.29) is 0 Å². The molecule has 2 N–H and O–H groups in total. The van der Waals surface area contributed by atoms with Crippen LogP contribution >= 0.6 is 0 Å². The Hall–Kier alpha value is -0.570. The van der Waals surface area contributed by atoms with Crippen LogP contribution in [0.3, 0.4) is 0 Å². The van der Waals surface area contributed by atoms with Gasteiger partial charge < -0.3 is 10.6 Å². The molecule has 2 atom stereocenters. The summed E-state index contributed by atoms with van der Waals surface area (Å²) in [5.74, 6) is 0.884. The van der Waals surface area contributed by atoms with Gasteiger partial charge in [0.1, 0.15) is 0 Å². The smallest absolute Gasteiger partial charge is 0.0827 e. The van der Waals surface area contributed by atoms with Crippen LogP contribution < -0.4 is 10.6 Å². The summed E-state index contributed by atoms with van der Waals surface area (Å²) in [4.78, 5) is 4.15. The van der Waals surface area contributed by atoms with Crippen LogP contribution in [0.5, 0.6) is 0 Å². The van der Waals surface area contributed by atoms with Gasteiger partial charge in [0.25, 0.3) is 0 Å². The lowest BCUT2D eigenvalue weighted by molar-refractivity contribution is 0.457. The molecule has 0 aromatic heterocycles. The Bertz CT molecular complexity index is 141. The van der Waals surface area contributed by atoms with Crippen molar-refractivity contribution in [3.63, 3.8) is 0 Å². The largest absolute Gasteiger partial charge is 0.372 e. The van der Waals surface area contributed by atoms with Crippen LogP contribution in [0, 0.1) is 5.92 Å². The van der Waals surface area contributed by atoms with Crippen LogP contribution in [0.2, 0.25) is 0 Å². The first kappa shape index (κ1) is 7.10. The molecule has 2 heterocycles. The third-order valence-electron chi connectivity index (χ3n) is 2.51. The SMILES string of the molecule is C1=NCC(CC2CCNC2)N1. The van der Waals surface area contributed by atoms with Crippen molar-refractivity contribution in [2.75, 3.05) is 19.6 Å². The maximum Gasteiger partial charge on any atom is 0.0827 e. The minimum absolute atomic E-state index is 0.625. The lowest BCUT2D eigenvalue weighted by Gasteiger charge is -2.13. The van der Waals surface area contributed by atoms with Crippen molar-refractivity contribution in [1.82, 2.24) is 10.6 Å². The predicted molar refractivity (Wildman–Crippen MR) is 45.9 cm³/mol. The van der Waals surface area contributed by atoms with Crippen molar-refractivity contribution in [2.24, 2.45) is 10.9 Å². The van der Waals surface area contributed by atoms with Crippen molar-refractivity contribution >= 4 is 6.34 Å². The highest BCUT2D eigenvalue weighted by atomic mass is 15.1. The van der Waals surface area contributed by atoms with Crippen LogP contribution in [0.1, 0.15) is 12.8 Å². The Kier molecular flexibility index (Phi) is 2.08. The monoisotopic (exact) mass is 153 g/mol. The second kappa shape index (κ2) is 3.22. The van der Waals surface area contributed by atoms with Gasteiger partial charge >= 0.3 is 0 Å². The van der Waals surface area contributed by atoms with E-state index in [0.717, 1.165) is 12.5 Å². The highest BCUT2D eigenvalue weighted by Crippen LogP contribution is 2.15. The second-order valence-electron chi connectivity index (χ2n) is 3.45. The minimum atomic E-state index is 0.625. The summed E-state index contributed by atoms with van der Waals surface area (Å²) < 4.78 is 0. The molecule has 62 valence electrons. The molecule has 0 aromatic carbocycles. The van der Waals surface area contributed by atoms with E-state index in [9.17, 15) is 0 Å². The normalized spacial score (nSPS) is 36.0. The molecule has 0 aliphatic carbocycles. The lowest BCUT2D eigenvalue weighted by atomic mass is 10.00. The summed E-state index contributed by atoms with van der Waals surface area (Å²) in [6.07, 6.45) is 4.47. The fourth-order valence-corrected chi connectivity index (χ4v) is 1.85. The molecule has 0 aromatic rings. The number of nitrogens with one attached hydrogen (secondary N) is 2. The van der Waals surface area contributed by atoms with Gasteiger partial charge in [0.15, 0.2) is 0 Å². The van der Waals surface area contributed by atoms with E-state index in [0.29, 0.717) is 6.04 Å². The molecule has 2 aliphatic rings. The van der Waals surface area contributed by atoms with Gasteiger partial charge in [-0.15, -0.1) is 0 Å². The Balaban J connectivity index is 1.72. The van der Waals surface area contributed by atoms with Gasteiger partial charge in [-0.25, -0.2) is 0 Å². The maximum absolute atomic E-state index is 4.15. The molecular weight excluding hydrogens is 138 g/mol. The topological polar surface area (TPSA) is 36.4 Å². The van der Waals surface area contributed by atoms with Crippen molar-refractivity contribution in [2.45, 2.75) is 18.9 Å². The predicted octanol–water partition coefficient (Wildman–Crippen LogP) is -0.0139. The third-order valence-corrected chi connectivity index (χ3v) is 2.51. The summed E-state index contributed by atoms with van der Waals surface area (Å²) >= 11 is 0. The fourth-order valence-electron chi connectivity index (χ4n) is 1.85. The van der Waals surface area contributed by atoms with E-state index in [1.54, 1.807) is 0 Å². The molecule has 2 rings (SSSR count). The molecule has 1 saturated heterocycles. The highest BCUT2D eigenvalue weighted by molar-refractivity contribution is 5.57. The third kappa shape index (κ3) is 1.71. The average Bonchev–Trinajstić information content (AvgIpc) is 2.60. The molecule has 0 spiro atoms. The zero-order valence-corrected chi connectivity index (χ0v) is 6.71. The summed E-state index contributed by atoms with van der Waals surface area (Å²) in [7, 11) is 0. The van der Waals surface area contributed by atoms with Crippen molar-refractivity contribution in [1.29, 1.82) is 0 Å². The second-order valence-corrected chi connectivity index (χ2v) is 3.45. The first-order valence-corrected chi connectivity index (χ1v) is 4.40. The number of hydrogen-bond donors (Lipinski definition) is 2. The Labute approximate surface area is 67.3 Å². The van der Waals surface area contributed by atoms with Crippen LogP contribution in [-0.4, -0.2) is 32.0 Å². The zero-order chi connectivity index (χ0) is 7.52. The molecule has 0 bridgehead atoms. The summed E-state index contributed by atoms with van der Waals surface area (Å²) in [5, 5.41) is 6.64. The molecule has 0 amide bonds. The number of hydrogen-bond acceptors (Lipinski definition) is 3. The molecule has 11 heavy (non-hydrogen) atoms. The molecule has 3 heteroatoms. The fraction of sp³-hybridized carbons (Fsp3) is 0.875. The van der Waals surface area contributed by atoms with E-state index in [1.807, 2.05) is 6.34 Å². The van der Waals surface area contributed by atoms with Crippen LogP contribution in [-0.2, 0) is 0 Å². The van der Waals surface area contributed by atoms with Gasteiger partial charge in [0.2, 0.25) is 0 Å². The molecule has 1 fully saturated rings. The Morgan fingerprint density at radius 1 is 1.55 bits per heavy atom. The molecule has 2 unspecified atom stereocenters. The van der Waals surface area contributed by atoms with E-state index in [2.05, 4.69) is 15.6 Å². The lowest BCUT2D eigenvalue weighted by Crippen LogP contribution is -2.28. The number of nitrogens with zero attached hydrogens (tertiary/aromatic N) is 1. The average molecular weight is 153 g/mol. The van der Waals surface area contributed by atoms with Crippen LogP contribution in [0.15, 0.2) is 4.99 Å². The molecule has 2 aliphatic heterocycles. The van der Waals surface area contributed by atoms with Crippen LogP contribution in [0.25, 0.3) is 0 Å². The van der Waals surface area contributed by atoms with E-state index in [4.69, 9.17) is 0 Å². The van der Waals surface area contributed by atoms with Crippen LogP contribution in [0.4, 0.5) is 0 Å². The van der Waals surface area contributed by atoms with Crippen molar-refractivity contribution < 1.29 is 0 Å². The number of aliphatic imine (C=N–C) groups is 1. The van der Waals surface area contributed by atoms with Gasteiger partial charge in [-0.05, 0) is 31.8 Å². The molecule has 0 saturated carbocycles. The van der Waals surface area contributed by atoms with Gasteiger partial charge in [-0.3, -0.25) is 4.99 Å². The molecule has 3 nitrogen and oxygen atoms in total. The van der Waals surface area contributed by atoms with Crippen molar-refractivity contribution in [3.8, 4) is 0 Å². The van der Waals surface area contributed by atoms with Gasteiger partial charge in [0.05, 0.1) is 12.9 Å². The van der Waals surface area contributed by atoms with Gasteiger partial charge in [-0.2, -0.15) is 0 Å². The summed E-state index contributed by atoms with van der Waals surface area (Å²) in [6.45, 7) is 3.40. The van der Waals surface area contributed by atoms with E-state index >= 15 is 0 Å². The first-order chi connectivity index (χ1) is 5.45. The summed E-state index contributed by atoms with van der Waals surface area (Å²) in [5.41, 5.74) is 0. The zero-order valence-electron chi connectivity index (χ0n) is 6.71. The quantitative estimate of drug-likeness (QED) is 0.585. The van der Waals surface area contributed by atoms with E-state index in [1.165, 1.54) is 25.9 Å². The van der Waals surface area contributed by atoms with E-state index < -0.39 is 0 Å².